The molecule has 1 radical (unpaired) electrons. The largest absolute Gasteiger partial charge is 0.476 e. The molecule has 0 bridgehead atoms. The molecule has 0 saturated carbocycles. The van der Waals surface area contributed by atoms with Gasteiger partial charge in [-0.1, -0.05) is 144 Å². The predicted octanol–water partition coefficient (Wildman–Crippen LogP) is 14.7. The van der Waals surface area contributed by atoms with E-state index in [1.165, 1.54) is 39.9 Å². The van der Waals surface area contributed by atoms with E-state index in [1.54, 1.807) is 12.3 Å². The molecule has 0 fully saturated rings. The monoisotopic (exact) mass is 1030 g/mol. The Morgan fingerprint density at radius 3 is 1.85 bits per heavy atom. The van der Waals surface area contributed by atoms with E-state index in [9.17, 15) is 4.39 Å². The molecule has 4 heterocycles. The molecule has 0 aliphatic heterocycles. The van der Waals surface area contributed by atoms with E-state index in [1.807, 2.05) is 54.7 Å². The molecule has 8 heteroatoms. The van der Waals surface area contributed by atoms with Gasteiger partial charge >= 0.3 is 0 Å². The number of halogens is 1. The fraction of sp³-hybridized carbons (Fsp3) is 0.175. The quantitative estimate of drug-likeness (QED) is 0.160. The van der Waals surface area contributed by atoms with Gasteiger partial charge in [-0.2, -0.15) is 0 Å². The fourth-order valence-electron chi connectivity index (χ4n) is 7.92. The summed E-state index contributed by atoms with van der Waals surface area (Å²) in [5.74, 6) is 1.95. The number of hydrogen-bond donors (Lipinski definition) is 0. The number of benzene rings is 6. The molecule has 0 aliphatic carbocycles. The summed E-state index contributed by atoms with van der Waals surface area (Å²) in [7, 11) is 0. The van der Waals surface area contributed by atoms with E-state index in [0.717, 1.165) is 78.0 Å². The molecule has 0 unspecified atom stereocenters. The number of rotatable bonds is 5. The van der Waals surface area contributed by atoms with Crippen molar-refractivity contribution in [2.45, 2.75) is 66.2 Å². The molecule has 0 N–H and O–H groups in total. The Balaban J connectivity index is 0.000000183. The van der Waals surface area contributed by atoms with Crippen LogP contribution in [0, 0.1) is 31.8 Å². The zero-order chi connectivity index (χ0) is 44.8. The van der Waals surface area contributed by atoms with Gasteiger partial charge in [0.15, 0.2) is 5.82 Å². The summed E-state index contributed by atoms with van der Waals surface area (Å²) in [5, 5.41) is 4.32. The number of nitrogens with zero attached hydrogens (tertiary/aromatic N) is 5. The minimum Gasteiger partial charge on any atom is -0.476 e. The maximum Gasteiger partial charge on any atom is 0.163 e. The third-order valence-electron chi connectivity index (χ3n) is 11.3. The van der Waals surface area contributed by atoms with Crippen LogP contribution in [0.3, 0.4) is 0 Å². The van der Waals surface area contributed by atoms with Crippen LogP contribution in [0.5, 0.6) is 0 Å². The zero-order valence-electron chi connectivity index (χ0n) is 37.7. The summed E-state index contributed by atoms with van der Waals surface area (Å²) >= 11 is 0. The van der Waals surface area contributed by atoms with Gasteiger partial charge in [-0.05, 0) is 86.9 Å². The Morgan fingerprint density at radius 2 is 1.17 bits per heavy atom. The third kappa shape index (κ3) is 9.56. The molecular weight excluding hydrogens is 982 g/mol. The molecular formula is C57H48FIrN5O-2. The van der Waals surface area contributed by atoms with Crippen molar-refractivity contribution in [1.29, 1.82) is 0 Å². The van der Waals surface area contributed by atoms with Crippen LogP contribution in [-0.4, -0.2) is 24.9 Å². The summed E-state index contributed by atoms with van der Waals surface area (Å²) in [6.07, 6.45) is 3.70. The van der Waals surface area contributed by atoms with Crippen molar-refractivity contribution < 1.29 is 28.9 Å². The maximum absolute atomic E-state index is 13.2. The van der Waals surface area contributed by atoms with Gasteiger partial charge in [-0.3, -0.25) is 4.39 Å². The van der Waals surface area contributed by atoms with E-state index in [4.69, 9.17) is 19.4 Å². The van der Waals surface area contributed by atoms with Crippen LogP contribution in [0.15, 0.2) is 150 Å². The van der Waals surface area contributed by atoms with Gasteiger partial charge in [0.2, 0.25) is 0 Å². The van der Waals surface area contributed by atoms with E-state index in [0.29, 0.717) is 5.82 Å². The minimum atomic E-state index is -0.293. The van der Waals surface area contributed by atoms with Crippen LogP contribution in [0.4, 0.5) is 4.39 Å². The number of furan rings is 1. The first-order chi connectivity index (χ1) is 30.7. The number of aromatic nitrogens is 5. The summed E-state index contributed by atoms with van der Waals surface area (Å²) in [6, 6.07) is 50.3. The average Bonchev–Trinajstić information content (AvgIpc) is 3.66. The molecule has 65 heavy (non-hydrogen) atoms. The van der Waals surface area contributed by atoms with Gasteiger partial charge in [-0.25, -0.2) is 15.0 Å². The van der Waals surface area contributed by atoms with Gasteiger partial charge in [-0.15, -0.1) is 47.5 Å². The molecule has 10 aromatic rings. The predicted molar refractivity (Wildman–Crippen MR) is 258 cm³/mol. The van der Waals surface area contributed by atoms with Gasteiger partial charge in [0.25, 0.3) is 0 Å². The zero-order valence-corrected chi connectivity index (χ0v) is 40.1. The van der Waals surface area contributed by atoms with E-state index >= 15 is 0 Å². The van der Waals surface area contributed by atoms with Crippen LogP contribution < -0.4 is 0 Å². The molecule has 10 rings (SSSR count). The Hall–Kier alpha value is -6.73. The van der Waals surface area contributed by atoms with Gasteiger partial charge in [0.1, 0.15) is 17.2 Å². The summed E-state index contributed by atoms with van der Waals surface area (Å²) in [4.78, 5) is 23.6. The van der Waals surface area contributed by atoms with E-state index in [2.05, 4.69) is 144 Å². The summed E-state index contributed by atoms with van der Waals surface area (Å²) in [6.45, 7) is 17.0. The van der Waals surface area contributed by atoms with Crippen molar-refractivity contribution in [3.63, 3.8) is 0 Å². The first-order valence-corrected chi connectivity index (χ1v) is 21.5. The van der Waals surface area contributed by atoms with Crippen LogP contribution in [0.2, 0.25) is 0 Å². The number of aryl methyl sites for hydroxylation is 2. The van der Waals surface area contributed by atoms with Crippen molar-refractivity contribution in [3.05, 3.63) is 187 Å². The Morgan fingerprint density at radius 1 is 0.523 bits per heavy atom. The van der Waals surface area contributed by atoms with Crippen molar-refractivity contribution in [1.82, 2.24) is 24.9 Å². The number of fused-ring (bicyclic) bond motifs is 4. The summed E-state index contributed by atoms with van der Waals surface area (Å²) < 4.78 is 19.5. The Bertz CT molecular complexity index is 3280. The fourth-order valence-corrected chi connectivity index (χ4v) is 7.92. The van der Waals surface area contributed by atoms with Crippen LogP contribution in [0.1, 0.15) is 64.3 Å². The molecule has 6 aromatic carbocycles. The molecule has 0 atom stereocenters. The second-order valence-corrected chi connectivity index (χ2v) is 18.4. The SMILES string of the molecule is CC(C)(C)c1nc(-c2ccc3c(c2)oc2cc(-c4cc5ccccc5cn4)[c-]cc23)nc(C(C)(C)C)n1.Cc1cc(-c2ccccc2)cc(C)c1-c1ccnc(-c2[c-]cc(F)cc2)c1.[Ir]. The van der Waals surface area contributed by atoms with Gasteiger partial charge < -0.3 is 14.4 Å². The van der Waals surface area contributed by atoms with Gasteiger partial charge in [0.05, 0.1) is 5.58 Å². The van der Waals surface area contributed by atoms with Crippen molar-refractivity contribution in [3.8, 4) is 56.2 Å². The number of pyridine rings is 2. The second-order valence-electron chi connectivity index (χ2n) is 18.4. The Labute approximate surface area is 393 Å². The smallest absolute Gasteiger partial charge is 0.163 e. The second kappa shape index (κ2) is 18.0. The molecule has 0 saturated heterocycles. The normalized spacial score (nSPS) is 11.6. The first-order valence-electron chi connectivity index (χ1n) is 21.5. The maximum atomic E-state index is 13.2. The molecule has 0 spiro atoms. The third-order valence-corrected chi connectivity index (χ3v) is 11.3. The Kier molecular flexibility index (Phi) is 12.4. The molecule has 325 valence electrons. The van der Waals surface area contributed by atoms with Crippen molar-refractivity contribution in [2.75, 3.05) is 0 Å². The standard InChI is InChI=1S/C32H29N4O.C25H19FN.Ir/c1-31(2,3)29-34-28(35-30(36-29)32(4,5)6)21-12-14-24-23-13-11-20(16-26(23)37-27(24)17-21)25-15-19-9-7-8-10-22(19)18-33-25;1-17-14-22(19-6-4-3-5-7-19)15-18(2)25(17)21-12-13-27-24(16-21)20-8-10-23(26)11-9-20;/h7-10,12-18H,1-6H3;3-8,10-16H,1-2H3;/q2*-1;. The molecule has 0 amide bonds. The van der Waals surface area contributed by atoms with Crippen molar-refractivity contribution >= 4 is 32.7 Å². The number of hydrogen-bond acceptors (Lipinski definition) is 6. The minimum absolute atomic E-state index is 0. The molecule has 0 aliphatic rings. The summed E-state index contributed by atoms with van der Waals surface area (Å²) in [5.41, 5.74) is 12.7. The van der Waals surface area contributed by atoms with Crippen LogP contribution in [0.25, 0.3) is 88.9 Å². The molecule has 6 nitrogen and oxygen atoms in total. The van der Waals surface area contributed by atoms with Gasteiger partial charge in [0, 0.05) is 54.7 Å². The van der Waals surface area contributed by atoms with E-state index < -0.39 is 0 Å². The molecule has 4 aromatic heterocycles. The van der Waals surface area contributed by atoms with Crippen LogP contribution in [-0.2, 0) is 30.9 Å². The topological polar surface area (TPSA) is 77.6 Å². The van der Waals surface area contributed by atoms with Crippen LogP contribution >= 0.6 is 0 Å². The van der Waals surface area contributed by atoms with E-state index in [-0.39, 0.29) is 36.8 Å². The van der Waals surface area contributed by atoms with Crippen molar-refractivity contribution in [2.24, 2.45) is 0 Å². The average molecular weight is 1030 g/mol. The first kappa shape index (κ1) is 44.9.